The molecule has 0 aromatic heterocycles. The van der Waals surface area contributed by atoms with Gasteiger partial charge in [0.2, 0.25) is 0 Å². The predicted octanol–water partition coefficient (Wildman–Crippen LogP) is 2.36. The van der Waals surface area contributed by atoms with Gasteiger partial charge in [-0.1, -0.05) is 42.5 Å². The SMILES string of the molecule is CN(C)CCOc1ccccc1C(=O)NCCCS(=O)(=O)Cc1ccccc1. The van der Waals surface area contributed by atoms with E-state index in [-0.39, 0.29) is 17.4 Å². The largest absolute Gasteiger partial charge is 0.491 e. The predicted molar refractivity (Wildman–Crippen MR) is 111 cm³/mol. The molecule has 0 unspecified atom stereocenters. The second kappa shape index (κ2) is 10.8. The highest BCUT2D eigenvalue weighted by atomic mass is 32.2. The van der Waals surface area contributed by atoms with Crippen molar-refractivity contribution >= 4 is 15.7 Å². The van der Waals surface area contributed by atoms with Crippen LogP contribution >= 0.6 is 0 Å². The summed E-state index contributed by atoms with van der Waals surface area (Å²) in [4.78, 5) is 14.4. The minimum absolute atomic E-state index is 0.0182. The Morgan fingerprint density at radius 3 is 2.43 bits per heavy atom. The molecule has 6 nitrogen and oxygen atoms in total. The quantitative estimate of drug-likeness (QED) is 0.582. The van der Waals surface area contributed by atoms with E-state index in [0.29, 0.717) is 30.9 Å². The van der Waals surface area contributed by atoms with E-state index in [1.165, 1.54) is 0 Å². The fraction of sp³-hybridized carbons (Fsp3) is 0.381. The van der Waals surface area contributed by atoms with Crippen molar-refractivity contribution in [3.63, 3.8) is 0 Å². The molecule has 0 atom stereocenters. The van der Waals surface area contributed by atoms with Gasteiger partial charge in [-0.3, -0.25) is 4.79 Å². The van der Waals surface area contributed by atoms with Crippen molar-refractivity contribution in [2.24, 2.45) is 0 Å². The summed E-state index contributed by atoms with van der Waals surface area (Å²) < 4.78 is 30.1. The highest BCUT2D eigenvalue weighted by Crippen LogP contribution is 2.17. The van der Waals surface area contributed by atoms with Gasteiger partial charge in [-0.05, 0) is 38.2 Å². The summed E-state index contributed by atoms with van der Waals surface area (Å²) in [7, 11) is 0.698. The molecule has 0 aliphatic heterocycles. The van der Waals surface area contributed by atoms with Crippen LogP contribution in [0.15, 0.2) is 54.6 Å². The molecule has 1 amide bonds. The summed E-state index contributed by atoms with van der Waals surface area (Å²) in [6, 6.07) is 16.1. The lowest BCUT2D eigenvalue weighted by atomic mass is 10.2. The van der Waals surface area contributed by atoms with Gasteiger partial charge < -0.3 is 15.0 Å². The zero-order chi connectivity index (χ0) is 20.4. The summed E-state index contributed by atoms with van der Waals surface area (Å²) in [5, 5.41) is 2.78. The van der Waals surface area contributed by atoms with Gasteiger partial charge in [-0.15, -0.1) is 0 Å². The maximum absolute atomic E-state index is 12.4. The molecule has 2 rings (SSSR count). The Labute approximate surface area is 167 Å². The van der Waals surface area contributed by atoms with E-state index in [9.17, 15) is 13.2 Å². The van der Waals surface area contributed by atoms with E-state index in [2.05, 4.69) is 5.32 Å². The van der Waals surface area contributed by atoms with E-state index in [1.807, 2.05) is 43.3 Å². The molecule has 7 heteroatoms. The molecule has 0 heterocycles. The Morgan fingerprint density at radius 1 is 1.04 bits per heavy atom. The van der Waals surface area contributed by atoms with Crippen molar-refractivity contribution in [1.82, 2.24) is 10.2 Å². The van der Waals surface area contributed by atoms with Gasteiger partial charge in [-0.2, -0.15) is 0 Å². The van der Waals surface area contributed by atoms with E-state index in [0.717, 1.165) is 12.1 Å². The van der Waals surface area contributed by atoms with Crippen molar-refractivity contribution in [3.05, 3.63) is 65.7 Å². The number of carbonyl (C=O) groups excluding carboxylic acids is 1. The maximum atomic E-state index is 12.4. The minimum Gasteiger partial charge on any atom is -0.491 e. The zero-order valence-electron chi connectivity index (χ0n) is 16.4. The smallest absolute Gasteiger partial charge is 0.255 e. The molecule has 0 radical (unpaired) electrons. The van der Waals surface area contributed by atoms with Gasteiger partial charge in [0.05, 0.1) is 17.1 Å². The van der Waals surface area contributed by atoms with Gasteiger partial charge in [0, 0.05) is 13.1 Å². The number of likely N-dealkylation sites (N-methyl/N-ethyl adjacent to an activating group) is 1. The Kier molecular flexibility index (Phi) is 8.47. The lowest BCUT2D eigenvalue weighted by molar-refractivity contribution is 0.0949. The number of nitrogens with zero attached hydrogens (tertiary/aromatic N) is 1. The number of carbonyl (C=O) groups is 1. The van der Waals surface area contributed by atoms with Crippen LogP contribution in [0.4, 0.5) is 0 Å². The summed E-state index contributed by atoms with van der Waals surface area (Å²) in [6.45, 7) is 1.52. The van der Waals surface area contributed by atoms with Crippen LogP contribution < -0.4 is 10.1 Å². The maximum Gasteiger partial charge on any atom is 0.255 e. The number of hydrogen-bond donors (Lipinski definition) is 1. The number of nitrogens with one attached hydrogen (secondary N) is 1. The normalized spacial score (nSPS) is 11.4. The molecule has 2 aromatic carbocycles. The summed E-state index contributed by atoms with van der Waals surface area (Å²) in [5.41, 5.74) is 1.23. The van der Waals surface area contributed by atoms with E-state index >= 15 is 0 Å². The molecule has 0 saturated carbocycles. The third kappa shape index (κ3) is 7.70. The number of hydrogen-bond acceptors (Lipinski definition) is 5. The molecule has 28 heavy (non-hydrogen) atoms. The van der Waals surface area contributed by atoms with E-state index in [1.54, 1.807) is 30.3 Å². The lowest BCUT2D eigenvalue weighted by Crippen LogP contribution is -2.27. The molecule has 0 aliphatic rings. The van der Waals surface area contributed by atoms with Crippen LogP contribution in [0.1, 0.15) is 22.3 Å². The lowest BCUT2D eigenvalue weighted by Gasteiger charge is -2.14. The van der Waals surface area contributed by atoms with Crippen molar-refractivity contribution in [2.75, 3.05) is 39.5 Å². The second-order valence-corrected chi connectivity index (χ2v) is 9.02. The Bertz CT molecular complexity index is 852. The number of ether oxygens (including phenoxy) is 1. The van der Waals surface area contributed by atoms with Crippen LogP contribution in [0.2, 0.25) is 0 Å². The molecule has 1 N–H and O–H groups in total. The summed E-state index contributed by atoms with van der Waals surface area (Å²) in [6.07, 6.45) is 0.366. The van der Waals surface area contributed by atoms with Crippen molar-refractivity contribution in [2.45, 2.75) is 12.2 Å². The number of rotatable bonds is 11. The first kappa shape index (κ1) is 21.9. The first-order valence-corrected chi connectivity index (χ1v) is 11.1. The molecule has 152 valence electrons. The standard InChI is InChI=1S/C21H28N2O4S/c1-23(2)14-15-27-20-12-7-6-11-19(20)21(24)22-13-8-16-28(25,26)17-18-9-4-3-5-10-18/h3-7,9-12H,8,13-17H2,1-2H3,(H,22,24). The van der Waals surface area contributed by atoms with Crippen molar-refractivity contribution in [1.29, 1.82) is 0 Å². The molecule has 2 aromatic rings. The van der Waals surface area contributed by atoms with Crippen molar-refractivity contribution < 1.29 is 17.9 Å². The molecule has 0 bridgehead atoms. The van der Waals surface area contributed by atoms with E-state index < -0.39 is 9.84 Å². The van der Waals surface area contributed by atoms with Crippen LogP contribution in [0, 0.1) is 0 Å². The van der Waals surface area contributed by atoms with Gasteiger partial charge in [0.1, 0.15) is 12.4 Å². The first-order chi connectivity index (χ1) is 13.4. The monoisotopic (exact) mass is 404 g/mol. The number of benzene rings is 2. The minimum atomic E-state index is -3.21. The molecule has 0 saturated heterocycles. The molecule has 0 aliphatic carbocycles. The van der Waals surface area contributed by atoms with Crippen molar-refractivity contribution in [3.8, 4) is 5.75 Å². The van der Waals surface area contributed by atoms with Gasteiger partial charge in [0.25, 0.3) is 5.91 Å². The highest BCUT2D eigenvalue weighted by molar-refractivity contribution is 7.90. The van der Waals surface area contributed by atoms with Crippen LogP contribution in [0.25, 0.3) is 0 Å². The molecular weight excluding hydrogens is 376 g/mol. The number of para-hydroxylation sites is 1. The number of amides is 1. The topological polar surface area (TPSA) is 75.7 Å². The van der Waals surface area contributed by atoms with Crippen LogP contribution in [-0.2, 0) is 15.6 Å². The number of sulfone groups is 1. The average Bonchev–Trinajstić information content (AvgIpc) is 2.65. The van der Waals surface area contributed by atoms with Crippen LogP contribution in [-0.4, -0.2) is 58.8 Å². The average molecular weight is 405 g/mol. The fourth-order valence-electron chi connectivity index (χ4n) is 2.61. The van der Waals surface area contributed by atoms with Gasteiger partial charge >= 0.3 is 0 Å². The van der Waals surface area contributed by atoms with Gasteiger partial charge in [0.15, 0.2) is 9.84 Å². The zero-order valence-corrected chi connectivity index (χ0v) is 17.2. The third-order valence-electron chi connectivity index (χ3n) is 4.07. The van der Waals surface area contributed by atoms with Crippen LogP contribution in [0.3, 0.4) is 0 Å². The Morgan fingerprint density at radius 2 is 1.71 bits per heavy atom. The summed E-state index contributed by atoms with van der Waals surface area (Å²) in [5.74, 6) is 0.312. The van der Waals surface area contributed by atoms with Gasteiger partial charge in [-0.25, -0.2) is 8.42 Å². The fourth-order valence-corrected chi connectivity index (χ4v) is 4.04. The first-order valence-electron chi connectivity index (χ1n) is 9.26. The molecule has 0 fully saturated rings. The third-order valence-corrected chi connectivity index (χ3v) is 5.76. The van der Waals surface area contributed by atoms with E-state index in [4.69, 9.17) is 4.74 Å². The Balaban J connectivity index is 1.81. The Hall–Kier alpha value is -2.38. The second-order valence-electron chi connectivity index (χ2n) is 6.83. The van der Waals surface area contributed by atoms with Crippen LogP contribution in [0.5, 0.6) is 5.75 Å². The summed E-state index contributed by atoms with van der Waals surface area (Å²) >= 11 is 0. The highest BCUT2D eigenvalue weighted by Gasteiger charge is 2.14. The molecule has 0 spiro atoms. The molecular formula is C21H28N2O4S.